The second-order valence-electron chi connectivity index (χ2n) is 2.45. The molecule has 9 heavy (non-hydrogen) atoms. The van der Waals surface area contributed by atoms with Crippen LogP contribution in [-0.4, -0.2) is 39.7 Å². The first-order valence-electron chi connectivity index (χ1n) is 2.92. The molecule has 54 valence electrons. The Labute approximate surface area is 52.9 Å². The van der Waals surface area contributed by atoms with Gasteiger partial charge >= 0.3 is 0 Å². The molecular formula is C5H11NO3. The molecule has 0 radical (unpaired) electrons. The molecule has 0 heterocycles. The summed E-state index contributed by atoms with van der Waals surface area (Å²) in [5, 5.41) is 26.6. The summed E-state index contributed by atoms with van der Waals surface area (Å²) >= 11 is 0. The fourth-order valence-electron chi connectivity index (χ4n) is 1.04. The smallest absolute Gasteiger partial charge is 0.107 e. The van der Waals surface area contributed by atoms with Gasteiger partial charge in [-0.15, -0.1) is 0 Å². The third kappa shape index (κ3) is 1.07. The maximum Gasteiger partial charge on any atom is 0.107 e. The highest BCUT2D eigenvalue weighted by Gasteiger charge is 2.38. The van der Waals surface area contributed by atoms with Crippen LogP contribution in [-0.2, 0) is 0 Å². The average Bonchev–Trinajstić information content (AvgIpc) is 1.98. The van der Waals surface area contributed by atoms with E-state index in [9.17, 15) is 0 Å². The van der Waals surface area contributed by atoms with Gasteiger partial charge in [0.05, 0.1) is 12.2 Å². The molecular weight excluding hydrogens is 122 g/mol. The van der Waals surface area contributed by atoms with Gasteiger partial charge in [0.25, 0.3) is 0 Å². The summed E-state index contributed by atoms with van der Waals surface area (Å²) in [5.41, 5.74) is 5.29. The van der Waals surface area contributed by atoms with Crippen molar-refractivity contribution in [3.63, 3.8) is 0 Å². The third-order valence-electron chi connectivity index (χ3n) is 1.70. The number of nitrogens with two attached hydrogens (primary N) is 1. The second kappa shape index (κ2) is 2.22. The van der Waals surface area contributed by atoms with Gasteiger partial charge in [0.2, 0.25) is 0 Å². The zero-order valence-corrected chi connectivity index (χ0v) is 4.94. The molecule has 0 aliphatic heterocycles. The van der Waals surface area contributed by atoms with E-state index in [1.165, 1.54) is 0 Å². The largest absolute Gasteiger partial charge is 0.390 e. The number of aliphatic hydroxyl groups excluding tert-OH is 3. The summed E-state index contributed by atoms with van der Waals surface area (Å²) in [6, 6.07) is -0.477. The first kappa shape index (κ1) is 6.95. The van der Waals surface area contributed by atoms with Crippen LogP contribution in [0.15, 0.2) is 0 Å². The molecule has 0 unspecified atom stereocenters. The molecule has 0 bridgehead atoms. The lowest BCUT2D eigenvalue weighted by Gasteiger charge is -2.11. The van der Waals surface area contributed by atoms with Crippen molar-refractivity contribution in [2.75, 3.05) is 0 Å². The Morgan fingerprint density at radius 1 is 1.11 bits per heavy atom. The van der Waals surface area contributed by atoms with Crippen molar-refractivity contribution in [3.8, 4) is 0 Å². The molecule has 0 amide bonds. The number of rotatable bonds is 0. The van der Waals surface area contributed by atoms with Gasteiger partial charge in [-0.2, -0.15) is 0 Å². The Hall–Kier alpha value is -0.160. The van der Waals surface area contributed by atoms with Crippen LogP contribution in [0, 0.1) is 0 Å². The molecule has 1 rings (SSSR count). The van der Waals surface area contributed by atoms with Crippen molar-refractivity contribution in [2.45, 2.75) is 30.8 Å². The standard InChI is InChI=1S/C5H11NO3/c6-2-1-3(7)5(9)4(2)8/h2-5,7-9H,1,6H2/t2-,3+,4-,5+/m0/s1. The summed E-state index contributed by atoms with van der Waals surface area (Å²) in [6.07, 6.45) is -2.59. The molecule has 5 N–H and O–H groups in total. The van der Waals surface area contributed by atoms with E-state index >= 15 is 0 Å². The van der Waals surface area contributed by atoms with Gasteiger partial charge in [-0.05, 0) is 6.42 Å². The van der Waals surface area contributed by atoms with Gasteiger partial charge in [-0.1, -0.05) is 0 Å². The quantitative estimate of drug-likeness (QED) is 0.302. The van der Waals surface area contributed by atoms with E-state index in [1.807, 2.05) is 0 Å². The Morgan fingerprint density at radius 3 is 1.78 bits per heavy atom. The summed E-state index contributed by atoms with van der Waals surface area (Å²) in [6.45, 7) is 0. The molecule has 1 aliphatic rings. The zero-order chi connectivity index (χ0) is 7.02. The van der Waals surface area contributed by atoms with Crippen LogP contribution in [0.1, 0.15) is 6.42 Å². The predicted octanol–water partition coefficient (Wildman–Crippen LogP) is -2.20. The minimum atomic E-state index is -1.06. The normalized spacial score (nSPS) is 52.0. The summed E-state index contributed by atoms with van der Waals surface area (Å²) in [4.78, 5) is 0. The fraction of sp³-hybridized carbons (Fsp3) is 1.00. The minimum Gasteiger partial charge on any atom is -0.390 e. The van der Waals surface area contributed by atoms with E-state index in [-0.39, 0.29) is 6.42 Å². The van der Waals surface area contributed by atoms with Crippen LogP contribution in [0.4, 0.5) is 0 Å². The number of hydrogen-bond acceptors (Lipinski definition) is 4. The Kier molecular flexibility index (Phi) is 1.72. The van der Waals surface area contributed by atoms with E-state index in [0.29, 0.717) is 0 Å². The first-order chi connectivity index (χ1) is 4.13. The van der Waals surface area contributed by atoms with Crippen molar-refractivity contribution in [1.82, 2.24) is 0 Å². The highest BCUT2D eigenvalue weighted by atomic mass is 16.4. The SMILES string of the molecule is N[C@H]1C[C@@H](O)[C@@H](O)[C@H]1O. The lowest BCUT2D eigenvalue weighted by atomic mass is 10.2. The minimum absolute atomic E-state index is 0.280. The van der Waals surface area contributed by atoms with E-state index in [2.05, 4.69) is 0 Å². The first-order valence-corrected chi connectivity index (χ1v) is 2.92. The zero-order valence-electron chi connectivity index (χ0n) is 4.94. The molecule has 4 atom stereocenters. The second-order valence-corrected chi connectivity index (χ2v) is 2.45. The van der Waals surface area contributed by atoms with Gasteiger partial charge < -0.3 is 21.1 Å². The molecule has 1 fully saturated rings. The lowest BCUT2D eigenvalue weighted by molar-refractivity contribution is -0.0205. The maximum atomic E-state index is 8.90. The maximum absolute atomic E-state index is 8.90. The molecule has 0 aromatic heterocycles. The summed E-state index contributed by atoms with van der Waals surface area (Å²) < 4.78 is 0. The molecule has 0 aromatic rings. The van der Waals surface area contributed by atoms with Gasteiger partial charge in [0, 0.05) is 6.04 Å². The van der Waals surface area contributed by atoms with Crippen LogP contribution in [0.2, 0.25) is 0 Å². The summed E-state index contributed by atoms with van der Waals surface area (Å²) in [7, 11) is 0. The van der Waals surface area contributed by atoms with Crippen LogP contribution >= 0.6 is 0 Å². The number of aliphatic hydroxyl groups is 3. The van der Waals surface area contributed by atoms with Crippen LogP contribution in [0.25, 0.3) is 0 Å². The molecule has 4 nitrogen and oxygen atoms in total. The average molecular weight is 133 g/mol. The van der Waals surface area contributed by atoms with E-state index < -0.39 is 24.4 Å². The van der Waals surface area contributed by atoms with Gasteiger partial charge in [0.15, 0.2) is 0 Å². The van der Waals surface area contributed by atoms with Gasteiger partial charge in [-0.3, -0.25) is 0 Å². The van der Waals surface area contributed by atoms with E-state index in [0.717, 1.165) is 0 Å². The van der Waals surface area contributed by atoms with Crippen molar-refractivity contribution in [2.24, 2.45) is 5.73 Å². The molecule has 0 saturated heterocycles. The van der Waals surface area contributed by atoms with Crippen LogP contribution in [0.3, 0.4) is 0 Å². The topological polar surface area (TPSA) is 86.7 Å². The molecule has 0 aromatic carbocycles. The van der Waals surface area contributed by atoms with Crippen LogP contribution in [0.5, 0.6) is 0 Å². The number of hydrogen-bond donors (Lipinski definition) is 4. The van der Waals surface area contributed by atoms with E-state index in [1.54, 1.807) is 0 Å². The highest BCUT2D eigenvalue weighted by Crippen LogP contribution is 2.18. The van der Waals surface area contributed by atoms with Crippen molar-refractivity contribution in [3.05, 3.63) is 0 Å². The predicted molar refractivity (Wildman–Crippen MR) is 30.6 cm³/mol. The van der Waals surface area contributed by atoms with Gasteiger partial charge in [-0.25, -0.2) is 0 Å². The molecule has 0 spiro atoms. The lowest BCUT2D eigenvalue weighted by Crippen LogP contribution is -2.36. The van der Waals surface area contributed by atoms with E-state index in [4.69, 9.17) is 21.1 Å². The van der Waals surface area contributed by atoms with Crippen molar-refractivity contribution < 1.29 is 15.3 Å². The Bertz CT molecular complexity index is 96.4. The van der Waals surface area contributed by atoms with Crippen molar-refractivity contribution >= 4 is 0 Å². The fourth-order valence-corrected chi connectivity index (χ4v) is 1.04. The molecule has 1 aliphatic carbocycles. The summed E-state index contributed by atoms with van der Waals surface area (Å²) in [5.74, 6) is 0. The molecule has 1 saturated carbocycles. The molecule has 4 heteroatoms. The van der Waals surface area contributed by atoms with Crippen LogP contribution < -0.4 is 5.73 Å². The van der Waals surface area contributed by atoms with Gasteiger partial charge in [0.1, 0.15) is 6.10 Å². The highest BCUT2D eigenvalue weighted by molar-refractivity contribution is 4.93. The van der Waals surface area contributed by atoms with Crippen molar-refractivity contribution in [1.29, 1.82) is 0 Å². The Balaban J connectivity index is 2.54. The Morgan fingerprint density at radius 2 is 1.67 bits per heavy atom. The third-order valence-corrected chi connectivity index (χ3v) is 1.70. The monoisotopic (exact) mass is 133 g/mol.